The Kier molecular flexibility index (Phi) is 3.71. The van der Waals surface area contributed by atoms with Crippen LogP contribution in [0.5, 0.6) is 0 Å². The predicted molar refractivity (Wildman–Crippen MR) is 88.6 cm³/mol. The summed E-state index contributed by atoms with van der Waals surface area (Å²) in [6, 6.07) is 11.1. The Morgan fingerprint density at radius 3 is 2.70 bits per heavy atom. The number of carbonyl (C=O) groups is 1. The molecule has 0 bridgehead atoms. The molecule has 0 aliphatic heterocycles. The third-order valence-electron chi connectivity index (χ3n) is 3.08. The highest BCUT2D eigenvalue weighted by atomic mass is 79.9. The maximum Gasteiger partial charge on any atom is 0.196 e. The summed E-state index contributed by atoms with van der Waals surface area (Å²) in [5.41, 5.74) is 2.02. The van der Waals surface area contributed by atoms with Gasteiger partial charge in [-0.05, 0) is 40.2 Å². The van der Waals surface area contributed by atoms with E-state index in [0.717, 1.165) is 15.4 Å². The van der Waals surface area contributed by atoms with Crippen LogP contribution in [0.15, 0.2) is 51.5 Å². The van der Waals surface area contributed by atoms with Gasteiger partial charge >= 0.3 is 0 Å². The maximum absolute atomic E-state index is 12.6. The van der Waals surface area contributed by atoms with Crippen LogP contribution < -0.4 is 0 Å². The highest BCUT2D eigenvalue weighted by molar-refractivity contribution is 9.10. The minimum absolute atomic E-state index is 0.0927. The zero-order chi connectivity index (χ0) is 14.3. The van der Waals surface area contributed by atoms with Crippen LogP contribution in [0.3, 0.4) is 0 Å². The minimum Gasteiger partial charge on any atom is -0.360 e. The molecule has 2 nitrogen and oxygen atoms in total. The number of rotatable bonds is 2. The van der Waals surface area contributed by atoms with Gasteiger partial charge < -0.3 is 4.98 Å². The number of H-pyrrole nitrogens is 1. The monoisotopic (exact) mass is 411 g/mol. The fourth-order valence-corrected chi connectivity index (χ4v) is 3.05. The number of carbonyl (C=O) groups excluding carboxylic acids is 1. The smallest absolute Gasteiger partial charge is 0.196 e. The number of aromatic amines is 1. The van der Waals surface area contributed by atoms with Crippen molar-refractivity contribution in [1.29, 1.82) is 0 Å². The van der Waals surface area contributed by atoms with Crippen LogP contribution in [0.25, 0.3) is 10.9 Å². The fourth-order valence-electron chi connectivity index (χ4n) is 2.11. The van der Waals surface area contributed by atoms with Crippen molar-refractivity contribution in [3.05, 3.63) is 67.7 Å². The van der Waals surface area contributed by atoms with Gasteiger partial charge in [0.2, 0.25) is 0 Å². The highest BCUT2D eigenvalue weighted by Gasteiger charge is 2.18. The number of benzene rings is 2. The summed E-state index contributed by atoms with van der Waals surface area (Å²) in [6.07, 6.45) is 1.72. The SMILES string of the molecule is O=C(c1cccc(Br)c1Cl)c1c[nH]c2cc(Br)ccc12. The molecule has 0 saturated carbocycles. The standard InChI is InChI=1S/C15H8Br2ClNO/c16-8-4-5-9-11(7-19-13(9)6-8)15(20)10-2-1-3-12(17)14(10)18/h1-7,19H. The summed E-state index contributed by atoms with van der Waals surface area (Å²) in [4.78, 5) is 15.8. The molecule has 0 amide bonds. The molecular weight excluding hydrogens is 405 g/mol. The summed E-state index contributed by atoms with van der Waals surface area (Å²) >= 11 is 12.9. The molecule has 0 fully saturated rings. The van der Waals surface area contributed by atoms with Crippen molar-refractivity contribution in [2.75, 3.05) is 0 Å². The number of hydrogen-bond acceptors (Lipinski definition) is 1. The molecule has 0 aliphatic carbocycles. The third kappa shape index (κ3) is 2.32. The van der Waals surface area contributed by atoms with Crippen LogP contribution in [-0.4, -0.2) is 10.8 Å². The first-order valence-corrected chi connectivity index (χ1v) is 7.79. The molecule has 2 aromatic carbocycles. The molecule has 0 saturated heterocycles. The van der Waals surface area contributed by atoms with Crippen molar-refractivity contribution in [2.45, 2.75) is 0 Å². The van der Waals surface area contributed by atoms with Crippen LogP contribution in [-0.2, 0) is 0 Å². The molecule has 1 heterocycles. The van der Waals surface area contributed by atoms with Crippen LogP contribution in [0.4, 0.5) is 0 Å². The average molecular weight is 413 g/mol. The number of fused-ring (bicyclic) bond motifs is 1. The van der Waals surface area contributed by atoms with E-state index in [1.165, 1.54) is 0 Å². The normalized spacial score (nSPS) is 10.9. The quantitative estimate of drug-likeness (QED) is 0.547. The molecular formula is C15H8Br2ClNO. The molecule has 0 aliphatic rings. The highest BCUT2D eigenvalue weighted by Crippen LogP contribution is 2.30. The van der Waals surface area contributed by atoms with Crippen molar-refractivity contribution in [3.63, 3.8) is 0 Å². The largest absolute Gasteiger partial charge is 0.360 e. The summed E-state index contributed by atoms with van der Waals surface area (Å²) < 4.78 is 1.68. The molecule has 0 spiro atoms. The Hall–Kier alpha value is -1.10. The van der Waals surface area contributed by atoms with Gasteiger partial charge in [0.05, 0.1) is 5.02 Å². The van der Waals surface area contributed by atoms with Gasteiger partial charge in [0.1, 0.15) is 0 Å². The molecule has 0 unspecified atom stereocenters. The molecule has 1 aromatic heterocycles. The van der Waals surface area contributed by atoms with Crippen molar-refractivity contribution < 1.29 is 4.79 Å². The lowest BCUT2D eigenvalue weighted by atomic mass is 10.0. The van der Waals surface area contributed by atoms with Crippen molar-refractivity contribution in [2.24, 2.45) is 0 Å². The summed E-state index contributed by atoms with van der Waals surface area (Å²) in [5.74, 6) is -0.0927. The topological polar surface area (TPSA) is 32.9 Å². The zero-order valence-electron chi connectivity index (χ0n) is 10.1. The van der Waals surface area contributed by atoms with E-state index in [1.54, 1.807) is 18.3 Å². The first-order valence-electron chi connectivity index (χ1n) is 5.83. The van der Waals surface area contributed by atoms with Crippen LogP contribution in [0, 0.1) is 0 Å². The van der Waals surface area contributed by atoms with Crippen molar-refractivity contribution in [1.82, 2.24) is 4.98 Å². The number of aromatic nitrogens is 1. The van der Waals surface area contributed by atoms with Gasteiger partial charge in [0.25, 0.3) is 0 Å². The molecule has 5 heteroatoms. The Labute approximate surface area is 137 Å². The number of halogens is 3. The second-order valence-electron chi connectivity index (χ2n) is 4.32. The fraction of sp³-hybridized carbons (Fsp3) is 0. The molecule has 0 atom stereocenters. The van der Waals surface area contributed by atoms with Gasteiger partial charge in [-0.1, -0.05) is 39.7 Å². The lowest BCUT2D eigenvalue weighted by Gasteiger charge is -2.04. The molecule has 3 aromatic rings. The van der Waals surface area contributed by atoms with E-state index in [1.807, 2.05) is 24.3 Å². The molecule has 100 valence electrons. The van der Waals surface area contributed by atoms with Crippen LogP contribution in [0.1, 0.15) is 15.9 Å². The minimum atomic E-state index is -0.0927. The Bertz CT molecular complexity index is 826. The molecule has 3 rings (SSSR count). The molecule has 0 radical (unpaired) electrons. The first-order chi connectivity index (χ1) is 9.58. The first kappa shape index (κ1) is 13.9. The number of nitrogens with one attached hydrogen (secondary N) is 1. The van der Waals surface area contributed by atoms with E-state index in [9.17, 15) is 4.79 Å². The van der Waals surface area contributed by atoms with E-state index in [4.69, 9.17) is 11.6 Å². The lowest BCUT2D eigenvalue weighted by molar-refractivity contribution is 0.104. The van der Waals surface area contributed by atoms with E-state index in [2.05, 4.69) is 36.8 Å². The van der Waals surface area contributed by atoms with E-state index in [-0.39, 0.29) is 5.78 Å². The van der Waals surface area contributed by atoms with Gasteiger partial charge in [-0.2, -0.15) is 0 Å². The summed E-state index contributed by atoms with van der Waals surface area (Å²) in [7, 11) is 0. The van der Waals surface area contributed by atoms with Crippen molar-refractivity contribution >= 4 is 60.1 Å². The van der Waals surface area contributed by atoms with E-state index in [0.29, 0.717) is 20.6 Å². The number of ketones is 1. The molecule has 20 heavy (non-hydrogen) atoms. The summed E-state index contributed by atoms with van der Waals surface area (Å²) in [5, 5.41) is 1.32. The van der Waals surface area contributed by atoms with Crippen molar-refractivity contribution in [3.8, 4) is 0 Å². The second kappa shape index (κ2) is 5.35. The van der Waals surface area contributed by atoms with E-state index >= 15 is 0 Å². The summed E-state index contributed by atoms with van der Waals surface area (Å²) in [6.45, 7) is 0. The number of hydrogen-bond donors (Lipinski definition) is 1. The molecule has 1 N–H and O–H groups in total. The van der Waals surface area contributed by atoms with Gasteiger partial charge in [-0.15, -0.1) is 0 Å². The van der Waals surface area contributed by atoms with Gasteiger partial charge in [0.15, 0.2) is 5.78 Å². The average Bonchev–Trinajstić information content (AvgIpc) is 2.84. The zero-order valence-corrected chi connectivity index (χ0v) is 14.0. The van der Waals surface area contributed by atoms with Gasteiger partial charge in [0, 0.05) is 37.2 Å². The van der Waals surface area contributed by atoms with E-state index < -0.39 is 0 Å². The maximum atomic E-state index is 12.6. The predicted octanol–water partition coefficient (Wildman–Crippen LogP) is 5.58. The Morgan fingerprint density at radius 1 is 1.10 bits per heavy atom. The van der Waals surface area contributed by atoms with Crippen LogP contribution in [0.2, 0.25) is 5.02 Å². The third-order valence-corrected chi connectivity index (χ3v) is 4.87. The lowest BCUT2D eigenvalue weighted by Crippen LogP contribution is -2.01. The van der Waals surface area contributed by atoms with Crippen LogP contribution >= 0.6 is 43.5 Å². The van der Waals surface area contributed by atoms with Gasteiger partial charge in [-0.25, -0.2) is 0 Å². The Balaban J connectivity index is 2.16. The van der Waals surface area contributed by atoms with Gasteiger partial charge in [-0.3, -0.25) is 4.79 Å². The Morgan fingerprint density at radius 2 is 1.90 bits per heavy atom. The second-order valence-corrected chi connectivity index (χ2v) is 6.47.